The SMILES string of the molecule is COC(=O)[C@@]1(C)N2C(=O)[C@@H](C(C)OC(=O)OCc3ccc([N+](=O)[O-])cc3)[C@H]2SC1(C)C. The molecule has 0 radical (unpaired) electrons. The van der Waals surface area contributed by atoms with E-state index in [9.17, 15) is 24.5 Å². The van der Waals surface area contributed by atoms with Crippen LogP contribution >= 0.6 is 11.8 Å². The number of nitro groups is 1. The molecular weight excluding hydrogens is 428 g/mol. The molecule has 2 heterocycles. The van der Waals surface area contributed by atoms with Crippen LogP contribution in [0.2, 0.25) is 0 Å². The number of hydrogen-bond donors (Lipinski definition) is 0. The molecule has 2 aliphatic heterocycles. The first kappa shape index (κ1) is 22.9. The van der Waals surface area contributed by atoms with Gasteiger partial charge in [-0.3, -0.25) is 14.9 Å². The number of nitro benzene ring substituents is 1. The van der Waals surface area contributed by atoms with Gasteiger partial charge in [0.15, 0.2) is 5.54 Å². The van der Waals surface area contributed by atoms with Crippen molar-refractivity contribution in [2.24, 2.45) is 5.92 Å². The lowest BCUT2D eigenvalue weighted by molar-refractivity contribution is -0.384. The molecule has 0 bridgehead atoms. The molecule has 1 aromatic rings. The van der Waals surface area contributed by atoms with Crippen molar-refractivity contribution in [3.8, 4) is 0 Å². The van der Waals surface area contributed by atoms with E-state index in [1.807, 2.05) is 13.8 Å². The minimum Gasteiger partial charge on any atom is -0.467 e. The summed E-state index contributed by atoms with van der Waals surface area (Å²) in [6, 6.07) is 5.58. The number of carbonyl (C=O) groups is 3. The number of carbonyl (C=O) groups excluding carboxylic acids is 3. The summed E-state index contributed by atoms with van der Waals surface area (Å²) in [5, 5.41) is 10.3. The van der Waals surface area contributed by atoms with Crippen LogP contribution in [0.1, 0.15) is 33.3 Å². The van der Waals surface area contributed by atoms with Crippen molar-refractivity contribution in [1.29, 1.82) is 0 Å². The molecule has 2 saturated heterocycles. The van der Waals surface area contributed by atoms with E-state index in [0.717, 1.165) is 0 Å². The molecule has 1 unspecified atom stereocenters. The number of methoxy groups -OCH3 is 1. The molecule has 2 fully saturated rings. The average molecular weight is 452 g/mol. The first-order valence-corrected chi connectivity index (χ1v) is 10.5. The van der Waals surface area contributed by atoms with Gasteiger partial charge in [-0.2, -0.15) is 0 Å². The van der Waals surface area contributed by atoms with Gasteiger partial charge >= 0.3 is 12.1 Å². The molecule has 1 aromatic carbocycles. The molecule has 11 heteroatoms. The highest BCUT2D eigenvalue weighted by molar-refractivity contribution is 8.01. The van der Waals surface area contributed by atoms with Crippen LogP contribution in [0.5, 0.6) is 0 Å². The number of β-lactam (4-membered cyclic amide) rings is 1. The summed E-state index contributed by atoms with van der Waals surface area (Å²) < 4.78 is 14.7. The van der Waals surface area contributed by atoms with Crippen molar-refractivity contribution in [3.63, 3.8) is 0 Å². The highest BCUT2D eigenvalue weighted by atomic mass is 32.2. The third kappa shape index (κ3) is 3.71. The Labute approximate surface area is 183 Å². The van der Waals surface area contributed by atoms with E-state index < -0.39 is 39.4 Å². The van der Waals surface area contributed by atoms with Gasteiger partial charge in [0.25, 0.3) is 5.69 Å². The van der Waals surface area contributed by atoms with Gasteiger partial charge in [0, 0.05) is 16.9 Å². The Balaban J connectivity index is 1.60. The van der Waals surface area contributed by atoms with Gasteiger partial charge in [0.2, 0.25) is 5.91 Å². The van der Waals surface area contributed by atoms with Gasteiger partial charge in [-0.05, 0) is 45.4 Å². The minimum atomic E-state index is -1.12. The Hall–Kier alpha value is -2.82. The van der Waals surface area contributed by atoms with Crippen molar-refractivity contribution in [1.82, 2.24) is 4.90 Å². The summed E-state index contributed by atoms with van der Waals surface area (Å²) in [4.78, 5) is 49.1. The Morgan fingerprint density at radius 2 is 1.87 bits per heavy atom. The molecule has 1 amide bonds. The molecule has 168 valence electrons. The van der Waals surface area contributed by atoms with Gasteiger partial charge in [-0.1, -0.05) is 0 Å². The summed E-state index contributed by atoms with van der Waals surface area (Å²) >= 11 is 1.47. The quantitative estimate of drug-likeness (QED) is 0.277. The number of hydrogen-bond acceptors (Lipinski definition) is 9. The first-order chi connectivity index (χ1) is 14.4. The summed E-state index contributed by atoms with van der Waals surface area (Å²) in [5.74, 6) is -1.38. The zero-order chi connectivity index (χ0) is 23.1. The van der Waals surface area contributed by atoms with E-state index in [-0.39, 0.29) is 23.6 Å². The largest absolute Gasteiger partial charge is 0.508 e. The van der Waals surface area contributed by atoms with Crippen molar-refractivity contribution < 1.29 is 33.5 Å². The normalized spacial score (nSPS) is 27.0. The second-order valence-corrected chi connectivity index (χ2v) is 9.84. The predicted molar refractivity (Wildman–Crippen MR) is 110 cm³/mol. The van der Waals surface area contributed by atoms with Crippen LogP contribution in [0.4, 0.5) is 10.5 Å². The zero-order valence-corrected chi connectivity index (χ0v) is 18.6. The van der Waals surface area contributed by atoms with Crippen molar-refractivity contribution in [3.05, 3.63) is 39.9 Å². The number of esters is 1. The Bertz CT molecular complexity index is 918. The van der Waals surface area contributed by atoms with Crippen LogP contribution in [0, 0.1) is 16.0 Å². The summed E-state index contributed by atoms with van der Waals surface area (Å²) in [5.41, 5.74) is -0.632. The number of benzene rings is 1. The van der Waals surface area contributed by atoms with Crippen molar-refractivity contribution >= 4 is 35.5 Å². The van der Waals surface area contributed by atoms with Crippen LogP contribution < -0.4 is 0 Å². The predicted octanol–water partition coefficient (Wildman–Crippen LogP) is 2.88. The van der Waals surface area contributed by atoms with E-state index in [1.165, 1.54) is 48.0 Å². The number of ether oxygens (including phenoxy) is 3. The number of thioether (sulfide) groups is 1. The Morgan fingerprint density at radius 1 is 1.26 bits per heavy atom. The first-order valence-electron chi connectivity index (χ1n) is 9.60. The molecule has 0 N–H and O–H groups in total. The second-order valence-electron chi connectivity index (χ2n) is 8.10. The molecule has 0 saturated carbocycles. The fraction of sp³-hybridized carbons (Fsp3) is 0.550. The van der Waals surface area contributed by atoms with E-state index >= 15 is 0 Å². The lowest BCUT2D eigenvalue weighted by Gasteiger charge is -2.50. The number of non-ortho nitro benzene ring substituents is 1. The maximum atomic E-state index is 12.9. The zero-order valence-electron chi connectivity index (χ0n) is 17.8. The lowest BCUT2D eigenvalue weighted by Crippen LogP contribution is -2.71. The van der Waals surface area contributed by atoms with Crippen LogP contribution in [0.25, 0.3) is 0 Å². The van der Waals surface area contributed by atoms with Crippen LogP contribution in [0.15, 0.2) is 24.3 Å². The smallest absolute Gasteiger partial charge is 0.467 e. The minimum absolute atomic E-state index is 0.0658. The lowest BCUT2D eigenvalue weighted by atomic mass is 9.80. The van der Waals surface area contributed by atoms with E-state index in [4.69, 9.17) is 14.2 Å². The summed E-state index contributed by atoms with van der Waals surface area (Å²) in [7, 11) is 1.29. The topological polar surface area (TPSA) is 125 Å². The molecule has 31 heavy (non-hydrogen) atoms. The maximum Gasteiger partial charge on any atom is 0.508 e. The van der Waals surface area contributed by atoms with Crippen molar-refractivity contribution in [2.45, 2.75) is 56.1 Å². The van der Waals surface area contributed by atoms with Crippen LogP contribution in [-0.2, 0) is 30.4 Å². The highest BCUT2D eigenvalue weighted by Crippen LogP contribution is 2.59. The maximum absolute atomic E-state index is 12.9. The monoisotopic (exact) mass is 452 g/mol. The van der Waals surface area contributed by atoms with Gasteiger partial charge in [-0.25, -0.2) is 9.59 Å². The molecule has 2 aliphatic rings. The molecule has 4 atom stereocenters. The Morgan fingerprint density at radius 3 is 2.42 bits per heavy atom. The molecule has 10 nitrogen and oxygen atoms in total. The molecular formula is C20H24N2O8S. The summed E-state index contributed by atoms with van der Waals surface area (Å²) in [6.45, 7) is 6.92. The van der Waals surface area contributed by atoms with Gasteiger partial charge < -0.3 is 19.1 Å². The van der Waals surface area contributed by atoms with Crippen LogP contribution in [-0.4, -0.2) is 56.7 Å². The van der Waals surface area contributed by atoms with Crippen LogP contribution in [0.3, 0.4) is 0 Å². The third-order valence-corrected chi connectivity index (χ3v) is 7.76. The number of amides is 1. The van der Waals surface area contributed by atoms with E-state index in [1.54, 1.807) is 13.8 Å². The Kier molecular flexibility index (Phi) is 5.92. The number of nitrogens with zero attached hydrogens (tertiary/aromatic N) is 2. The standard InChI is InChI=1S/C20H24N2O8S/c1-11(30-18(25)29-10-12-6-8-13(9-7-12)22(26)27)14-15(23)21-16(14)31-19(2,3)20(21,4)17(24)28-5/h6-9,11,14,16H,10H2,1-5H3/t11?,14-,16-,20-/m1/s1. The average Bonchev–Trinajstić information content (AvgIpc) is 2.89. The van der Waals surface area contributed by atoms with Gasteiger partial charge in [0.05, 0.1) is 17.4 Å². The fourth-order valence-corrected chi connectivity index (χ4v) is 5.80. The molecule has 3 rings (SSSR count). The number of fused-ring (bicyclic) bond motifs is 1. The van der Waals surface area contributed by atoms with E-state index in [2.05, 4.69) is 0 Å². The summed E-state index contributed by atoms with van der Waals surface area (Å²) in [6.07, 6.45) is -1.71. The van der Waals surface area contributed by atoms with Gasteiger partial charge in [0.1, 0.15) is 18.6 Å². The molecule has 0 aliphatic carbocycles. The third-order valence-electron chi connectivity index (χ3n) is 6.03. The highest BCUT2D eigenvalue weighted by Gasteiger charge is 2.71. The van der Waals surface area contributed by atoms with E-state index in [0.29, 0.717) is 5.56 Å². The molecule has 0 aromatic heterocycles. The van der Waals surface area contributed by atoms with Crippen molar-refractivity contribution in [2.75, 3.05) is 7.11 Å². The molecule has 0 spiro atoms. The fourth-order valence-electron chi connectivity index (χ4n) is 3.88. The number of rotatable bonds is 6. The second kappa shape index (κ2) is 8.03. The van der Waals surface area contributed by atoms with Gasteiger partial charge in [-0.15, -0.1) is 11.8 Å².